The molecule has 13 atom stereocenters. The van der Waals surface area contributed by atoms with Crippen LogP contribution in [0.5, 0.6) is 0 Å². The Balaban J connectivity index is 1.10. The molecule has 6 aliphatic rings. The molecule has 0 aliphatic carbocycles. The lowest BCUT2D eigenvalue weighted by Crippen LogP contribution is -2.70. The number of fused-ring (bicyclic) bond motifs is 4. The predicted octanol–water partition coefficient (Wildman–Crippen LogP) is -1.79. The summed E-state index contributed by atoms with van der Waals surface area (Å²) in [6.07, 6.45) is -7.19. The number of ether oxygens (including phenoxy) is 3. The summed E-state index contributed by atoms with van der Waals surface area (Å²) in [7, 11) is -5.06. The Morgan fingerprint density at radius 3 is 2.85 bits per heavy atom. The number of hydrogen-bond donors (Lipinski definition) is 6. The van der Waals surface area contributed by atoms with Crippen LogP contribution < -0.4 is 22.1 Å². The molecule has 0 saturated carbocycles. The lowest BCUT2D eigenvalue weighted by atomic mass is 10.0. The van der Waals surface area contributed by atoms with Gasteiger partial charge in [0.1, 0.15) is 54.3 Å². The van der Waals surface area contributed by atoms with Crippen molar-refractivity contribution in [3.8, 4) is 0 Å². The van der Waals surface area contributed by atoms with Gasteiger partial charge in [-0.1, -0.05) is 12.2 Å². The third-order valence-electron chi connectivity index (χ3n) is 8.47. The van der Waals surface area contributed by atoms with E-state index < -0.39 is 99.8 Å². The Morgan fingerprint density at radius 1 is 1.20 bits per heavy atom. The maximum atomic E-state index is 16.0. The van der Waals surface area contributed by atoms with Crippen LogP contribution in [0, 0.1) is 0 Å². The first-order valence-electron chi connectivity index (χ1n) is 13.8. The number of imidazole rings is 1. The zero-order valence-electron chi connectivity index (χ0n) is 23.2. The van der Waals surface area contributed by atoms with Crippen LogP contribution >= 0.6 is 25.8 Å². The normalized spacial score (nSPS) is 47.2. The van der Waals surface area contributed by atoms with Crippen molar-refractivity contribution in [3.63, 3.8) is 0 Å². The number of anilines is 1. The van der Waals surface area contributed by atoms with Gasteiger partial charge in [-0.25, -0.2) is 23.9 Å². The molecule has 6 aliphatic heterocycles. The highest BCUT2D eigenvalue weighted by atomic mass is 32.9. The number of nitrogen functional groups attached to an aromatic ring is 1. The smallest absolute Gasteiger partial charge is 0.382 e. The highest BCUT2D eigenvalue weighted by molar-refractivity contribution is 8.60. The van der Waals surface area contributed by atoms with E-state index in [0.717, 1.165) is 0 Å². The number of thiol groups is 1. The van der Waals surface area contributed by atoms with E-state index in [1.165, 1.54) is 23.9 Å². The van der Waals surface area contributed by atoms with E-state index in [1.807, 2.05) is 0 Å². The van der Waals surface area contributed by atoms with Gasteiger partial charge in [0, 0.05) is 0 Å². The molecule has 2 aromatic heterocycles. The lowest BCUT2D eigenvalue weighted by Gasteiger charge is -2.39. The molecule has 8 rings (SSSR count). The molecule has 0 aromatic carbocycles. The fourth-order valence-corrected chi connectivity index (χ4v) is 9.30. The number of phosphoric ester groups is 1. The van der Waals surface area contributed by atoms with Crippen molar-refractivity contribution >= 4 is 66.8 Å². The third kappa shape index (κ3) is 5.08. The minimum Gasteiger partial charge on any atom is -0.382 e. The van der Waals surface area contributed by atoms with Gasteiger partial charge in [-0.05, 0) is 11.8 Å². The second-order valence-electron chi connectivity index (χ2n) is 11.3. The van der Waals surface area contributed by atoms with Gasteiger partial charge >= 0.3 is 7.82 Å². The summed E-state index contributed by atoms with van der Waals surface area (Å²) >= 11 is 10.1. The molecule has 2 aromatic rings. The molecule has 25 heteroatoms. The van der Waals surface area contributed by atoms with Crippen LogP contribution in [0.25, 0.3) is 11.2 Å². The zero-order chi connectivity index (χ0) is 32.2. The van der Waals surface area contributed by atoms with Gasteiger partial charge in [0.25, 0.3) is 5.91 Å². The molecule has 5 saturated heterocycles. The predicted molar refractivity (Wildman–Crippen MR) is 158 cm³/mol. The number of aliphatic imine (C=N–C) groups is 1. The number of amides is 1. The minimum atomic E-state index is -5.06. The molecule has 4 bridgehead atoms. The van der Waals surface area contributed by atoms with Gasteiger partial charge in [-0.3, -0.25) is 34.5 Å². The average molecular weight is 725 g/mol. The molecular formula is C21H27FN10O10P2S2. The Bertz CT molecular complexity index is 1710. The number of nitrogens with two attached hydrogens (primary N) is 2. The summed E-state index contributed by atoms with van der Waals surface area (Å²) in [5.41, 5.74) is 7.46. The first-order chi connectivity index (χ1) is 21.8. The topological polar surface area (TPSA) is 254 Å². The highest BCUT2D eigenvalue weighted by Crippen LogP contribution is 2.61. The number of alkyl halides is 1. The van der Waals surface area contributed by atoms with E-state index in [2.05, 4.69) is 42.8 Å². The number of nitrogens with one attached hydrogen (secondary N) is 2. The van der Waals surface area contributed by atoms with E-state index in [9.17, 15) is 14.3 Å². The van der Waals surface area contributed by atoms with Crippen LogP contribution in [0.15, 0.2) is 17.6 Å². The number of rotatable bonds is 2. The molecule has 5 unspecified atom stereocenters. The second kappa shape index (κ2) is 11.0. The monoisotopic (exact) mass is 724 g/mol. The van der Waals surface area contributed by atoms with Gasteiger partial charge in [0.2, 0.25) is 5.69 Å². The summed E-state index contributed by atoms with van der Waals surface area (Å²) in [4.78, 5) is 41.3. The van der Waals surface area contributed by atoms with Crippen LogP contribution in [0.2, 0.25) is 0 Å². The molecule has 1 amide bonds. The number of hydrogen-bond acceptors (Lipinski definition) is 18. The Labute approximate surface area is 268 Å². The van der Waals surface area contributed by atoms with E-state index in [-0.39, 0.29) is 12.4 Å². The fourth-order valence-electron chi connectivity index (χ4n) is 6.37. The number of carbonyl (C=O) groups excluding carboxylic acids is 1. The maximum absolute atomic E-state index is 16.0. The van der Waals surface area contributed by atoms with Crippen LogP contribution in [-0.2, 0) is 53.5 Å². The van der Waals surface area contributed by atoms with Gasteiger partial charge in [-0.15, -0.1) is 0 Å². The summed E-state index contributed by atoms with van der Waals surface area (Å²) in [6, 6.07) is -0.952. The first kappa shape index (κ1) is 31.3. The largest absolute Gasteiger partial charge is 0.472 e. The Morgan fingerprint density at radius 2 is 2.02 bits per heavy atom. The minimum absolute atomic E-state index is 0.142. The summed E-state index contributed by atoms with van der Waals surface area (Å²) in [6.45, 7) is -1.23. The van der Waals surface area contributed by atoms with Gasteiger partial charge < -0.3 is 44.1 Å². The molecular weight excluding hydrogens is 697 g/mol. The standard InChI is InChI=1S/C21H27FN10O10P2S2/c22-8-7-1-37-44(45,46)42-13-12-19(31-5-27-9-14(23)25-4-26-15(9)31)40-21(13,2-36-12)3-38-43(34,35)41-11(8)18(39-7)32-6-28-10-16(32)29-20(24)30-17(10)33/h4-8,10-13,16,18-20,29H,1-3,24H2,(H,30,33)(H,34,35)(H,45,46)(H2,23,25,26)/t7-,8+,10?,11-,12-,13+,16?,18-,19-,20?,21-/m1/s1. The van der Waals surface area contributed by atoms with E-state index >= 15 is 4.39 Å². The van der Waals surface area contributed by atoms with Crippen molar-refractivity contribution < 1.29 is 50.9 Å². The number of aromatic nitrogens is 4. The highest BCUT2D eigenvalue weighted by Gasteiger charge is 2.66. The maximum Gasteiger partial charge on any atom is 0.472 e. The molecule has 8 heterocycles. The number of carbonyl (C=O) groups is 1. The van der Waals surface area contributed by atoms with Crippen molar-refractivity contribution in [2.24, 2.45) is 10.7 Å². The molecule has 250 valence electrons. The van der Waals surface area contributed by atoms with Crippen molar-refractivity contribution in [3.05, 3.63) is 12.7 Å². The van der Waals surface area contributed by atoms with Crippen molar-refractivity contribution in [1.82, 2.24) is 35.1 Å². The molecule has 46 heavy (non-hydrogen) atoms. The fraction of sp³-hybridized carbons (Fsp3) is 0.667. The van der Waals surface area contributed by atoms with Crippen molar-refractivity contribution in [2.75, 3.05) is 25.6 Å². The van der Waals surface area contributed by atoms with E-state index in [0.29, 0.717) is 11.2 Å². The van der Waals surface area contributed by atoms with Gasteiger partial charge in [0.15, 0.2) is 36.1 Å². The first-order valence-corrected chi connectivity index (χ1v) is 19.1. The lowest BCUT2D eigenvalue weighted by molar-refractivity contribution is -0.184. The number of halogens is 1. The second-order valence-corrected chi connectivity index (χ2v) is 17.9. The van der Waals surface area contributed by atoms with Crippen molar-refractivity contribution in [1.29, 1.82) is 0 Å². The van der Waals surface area contributed by atoms with Gasteiger partial charge in [0.05, 0.1) is 32.5 Å². The average Bonchev–Trinajstić information content (AvgIpc) is 3.80. The summed E-state index contributed by atoms with van der Waals surface area (Å²) in [5, 5.41) is 5.42. The van der Waals surface area contributed by atoms with Crippen LogP contribution in [-0.4, -0.2) is 122 Å². The van der Waals surface area contributed by atoms with Crippen molar-refractivity contribution in [2.45, 2.75) is 67.1 Å². The van der Waals surface area contributed by atoms with E-state index in [1.54, 1.807) is 4.57 Å². The molecule has 20 nitrogen and oxygen atoms in total. The SMILES string of the molecule is Nc1ncnc2c1ncn2[C@@H]1O[C@@]23CO[C@@H]1[C@@H]2OP(=S)(S)OC[C@H]1O[C@@H](N2C=NC4C(=O)NC(N)NC42)[C@H](OP(=O)(O)OC3)[C@H]1F. The third-order valence-corrected chi connectivity index (χ3v) is 11.6. The number of phosphoric acid groups is 1. The molecule has 5 fully saturated rings. The van der Waals surface area contributed by atoms with Gasteiger partial charge in [-0.2, -0.15) is 0 Å². The van der Waals surface area contributed by atoms with Crippen LogP contribution in [0.1, 0.15) is 6.23 Å². The zero-order valence-corrected chi connectivity index (χ0v) is 26.7. The van der Waals surface area contributed by atoms with Crippen LogP contribution in [0.3, 0.4) is 0 Å². The summed E-state index contributed by atoms with van der Waals surface area (Å²) < 4.78 is 72.3. The summed E-state index contributed by atoms with van der Waals surface area (Å²) in [5.74, 6) is -0.332. The molecule has 0 spiro atoms. The Hall–Kier alpha value is -1.95. The molecule has 7 N–H and O–H groups in total. The molecule has 0 radical (unpaired) electrons. The quantitative estimate of drug-likeness (QED) is 0.148. The number of nitrogens with zero attached hydrogens (tertiary/aromatic N) is 6. The Kier molecular flexibility index (Phi) is 7.52. The van der Waals surface area contributed by atoms with Crippen LogP contribution in [0.4, 0.5) is 10.2 Å². The van der Waals surface area contributed by atoms with E-state index in [4.69, 9.17) is 55.6 Å².